The minimum Gasteiger partial charge on any atom is -0.484 e. The fourth-order valence-electron chi connectivity index (χ4n) is 2.24. The molecular formula is C15H18N2O2. The van der Waals surface area contributed by atoms with Gasteiger partial charge in [-0.15, -0.1) is 0 Å². The molecule has 1 amide bonds. The second kappa shape index (κ2) is 6.24. The van der Waals surface area contributed by atoms with E-state index >= 15 is 0 Å². The van der Waals surface area contributed by atoms with E-state index in [1.165, 1.54) is 22.4 Å². The molecule has 0 spiro atoms. The average Bonchev–Trinajstić information content (AvgIpc) is 2.89. The zero-order valence-electron chi connectivity index (χ0n) is 11.2. The Bertz CT molecular complexity index is 505. The Balaban J connectivity index is 1.85. The maximum atomic E-state index is 11.7. The van der Waals surface area contributed by atoms with Crippen molar-refractivity contribution in [3.05, 3.63) is 29.3 Å². The van der Waals surface area contributed by atoms with Crippen LogP contribution in [0.3, 0.4) is 0 Å². The van der Waals surface area contributed by atoms with Crippen molar-refractivity contribution in [3.8, 4) is 11.8 Å². The number of nitriles is 1. The molecule has 4 heteroatoms. The number of rotatable bonds is 5. The van der Waals surface area contributed by atoms with Crippen molar-refractivity contribution in [3.63, 3.8) is 0 Å². The second-order valence-electron chi connectivity index (χ2n) is 4.80. The molecule has 19 heavy (non-hydrogen) atoms. The summed E-state index contributed by atoms with van der Waals surface area (Å²) in [5.74, 6) is 0.651. The summed E-state index contributed by atoms with van der Waals surface area (Å²) in [4.78, 5) is 13.3. The number of nitrogens with zero attached hydrogens (tertiary/aromatic N) is 2. The Morgan fingerprint density at radius 1 is 1.42 bits per heavy atom. The van der Waals surface area contributed by atoms with Gasteiger partial charge in [0.2, 0.25) is 0 Å². The van der Waals surface area contributed by atoms with E-state index in [4.69, 9.17) is 10.00 Å². The summed E-state index contributed by atoms with van der Waals surface area (Å²) in [6.07, 6.45) is 3.80. The monoisotopic (exact) mass is 258 g/mol. The molecule has 1 aliphatic carbocycles. The number of hydrogen-bond donors (Lipinski definition) is 0. The van der Waals surface area contributed by atoms with Crippen LogP contribution in [0.25, 0.3) is 0 Å². The highest BCUT2D eigenvalue weighted by molar-refractivity contribution is 5.77. The van der Waals surface area contributed by atoms with Crippen molar-refractivity contribution in [1.29, 1.82) is 5.26 Å². The number of benzene rings is 1. The van der Waals surface area contributed by atoms with E-state index in [0.717, 1.165) is 18.6 Å². The van der Waals surface area contributed by atoms with Gasteiger partial charge in [0.15, 0.2) is 6.61 Å². The Morgan fingerprint density at radius 2 is 2.21 bits per heavy atom. The highest BCUT2D eigenvalue weighted by Gasteiger charge is 2.13. The third kappa shape index (κ3) is 3.47. The van der Waals surface area contributed by atoms with Gasteiger partial charge in [0.1, 0.15) is 5.75 Å². The van der Waals surface area contributed by atoms with Gasteiger partial charge in [0, 0.05) is 13.6 Å². The van der Waals surface area contributed by atoms with Crippen LogP contribution in [-0.2, 0) is 17.6 Å². The van der Waals surface area contributed by atoms with Crippen molar-refractivity contribution in [2.24, 2.45) is 0 Å². The van der Waals surface area contributed by atoms with Gasteiger partial charge in [-0.25, -0.2) is 0 Å². The first-order valence-corrected chi connectivity index (χ1v) is 6.56. The molecule has 0 saturated heterocycles. The highest BCUT2D eigenvalue weighted by atomic mass is 16.5. The number of ether oxygens (including phenoxy) is 1. The maximum absolute atomic E-state index is 11.7. The van der Waals surface area contributed by atoms with Gasteiger partial charge >= 0.3 is 0 Å². The van der Waals surface area contributed by atoms with Gasteiger partial charge < -0.3 is 9.64 Å². The fourth-order valence-corrected chi connectivity index (χ4v) is 2.24. The molecule has 0 fully saturated rings. The lowest BCUT2D eigenvalue weighted by Gasteiger charge is -2.16. The molecule has 100 valence electrons. The van der Waals surface area contributed by atoms with Crippen LogP contribution in [0.15, 0.2) is 18.2 Å². The molecule has 0 aromatic heterocycles. The zero-order valence-corrected chi connectivity index (χ0v) is 11.2. The van der Waals surface area contributed by atoms with Gasteiger partial charge in [0.25, 0.3) is 5.91 Å². The van der Waals surface area contributed by atoms with Crippen LogP contribution in [0, 0.1) is 11.3 Å². The number of likely N-dealkylation sites (N-methyl/N-ethyl adjacent to an activating group) is 1. The van der Waals surface area contributed by atoms with E-state index in [1.807, 2.05) is 18.2 Å². The number of hydrogen-bond acceptors (Lipinski definition) is 3. The summed E-state index contributed by atoms with van der Waals surface area (Å²) in [6.45, 7) is 0.476. The Hall–Kier alpha value is -2.02. The van der Waals surface area contributed by atoms with Crippen LogP contribution >= 0.6 is 0 Å². The lowest BCUT2D eigenvalue weighted by molar-refractivity contribution is -0.131. The zero-order chi connectivity index (χ0) is 13.7. The Labute approximate surface area is 113 Å². The van der Waals surface area contributed by atoms with Crippen LogP contribution in [0.2, 0.25) is 0 Å². The molecule has 0 N–H and O–H groups in total. The molecule has 4 nitrogen and oxygen atoms in total. The normalized spacial score (nSPS) is 12.6. The van der Waals surface area contributed by atoms with Crippen molar-refractivity contribution in [2.45, 2.75) is 25.7 Å². The van der Waals surface area contributed by atoms with Crippen LogP contribution in [0.5, 0.6) is 5.75 Å². The van der Waals surface area contributed by atoms with E-state index in [2.05, 4.69) is 6.07 Å². The first-order valence-electron chi connectivity index (χ1n) is 6.56. The molecule has 0 saturated carbocycles. The van der Waals surface area contributed by atoms with Crippen LogP contribution in [-0.4, -0.2) is 31.0 Å². The Kier molecular flexibility index (Phi) is 4.40. The first-order chi connectivity index (χ1) is 9.20. The topological polar surface area (TPSA) is 53.3 Å². The standard InChI is InChI=1S/C15H18N2O2/c1-17(9-3-8-16)15(18)11-19-14-7-6-12-4-2-5-13(12)10-14/h6-7,10H,2-5,9,11H2,1H3. The summed E-state index contributed by atoms with van der Waals surface area (Å²) in [5.41, 5.74) is 2.73. The molecular weight excluding hydrogens is 240 g/mol. The van der Waals surface area contributed by atoms with Crippen LogP contribution in [0.1, 0.15) is 24.0 Å². The quantitative estimate of drug-likeness (QED) is 0.811. The molecule has 1 aromatic carbocycles. The summed E-state index contributed by atoms with van der Waals surface area (Å²) in [7, 11) is 1.69. The number of carbonyl (C=O) groups is 1. The van der Waals surface area contributed by atoms with Crippen LogP contribution < -0.4 is 4.74 Å². The Morgan fingerprint density at radius 3 is 3.00 bits per heavy atom. The smallest absolute Gasteiger partial charge is 0.260 e. The molecule has 1 aromatic rings. The summed E-state index contributed by atoms with van der Waals surface area (Å²) in [6, 6.07) is 8.06. The van der Waals surface area contributed by atoms with E-state index < -0.39 is 0 Å². The predicted octanol–water partition coefficient (Wildman–Crippen LogP) is 1.93. The van der Waals surface area contributed by atoms with Gasteiger partial charge in [0.05, 0.1) is 12.5 Å². The molecule has 0 heterocycles. The highest BCUT2D eigenvalue weighted by Crippen LogP contribution is 2.25. The molecule has 0 aliphatic heterocycles. The van der Waals surface area contributed by atoms with E-state index in [-0.39, 0.29) is 12.5 Å². The fraction of sp³-hybridized carbons (Fsp3) is 0.467. The third-order valence-electron chi connectivity index (χ3n) is 3.42. The molecule has 0 atom stereocenters. The number of aryl methyl sites for hydroxylation is 2. The van der Waals surface area contributed by atoms with Crippen molar-refractivity contribution < 1.29 is 9.53 Å². The molecule has 0 bridgehead atoms. The predicted molar refractivity (Wildman–Crippen MR) is 71.8 cm³/mol. The van der Waals surface area contributed by atoms with Gasteiger partial charge in [-0.2, -0.15) is 5.26 Å². The van der Waals surface area contributed by atoms with E-state index in [1.54, 1.807) is 7.05 Å². The largest absolute Gasteiger partial charge is 0.484 e. The summed E-state index contributed by atoms with van der Waals surface area (Å²) in [5, 5.41) is 8.48. The average molecular weight is 258 g/mol. The van der Waals surface area contributed by atoms with Crippen molar-refractivity contribution in [2.75, 3.05) is 20.2 Å². The van der Waals surface area contributed by atoms with Crippen LogP contribution in [0.4, 0.5) is 0 Å². The third-order valence-corrected chi connectivity index (χ3v) is 3.42. The molecule has 0 unspecified atom stereocenters. The number of amides is 1. The van der Waals surface area contributed by atoms with Crippen molar-refractivity contribution in [1.82, 2.24) is 4.90 Å². The lowest BCUT2D eigenvalue weighted by Crippen LogP contribution is -2.32. The van der Waals surface area contributed by atoms with Gasteiger partial charge in [-0.05, 0) is 42.5 Å². The summed E-state index contributed by atoms with van der Waals surface area (Å²) < 4.78 is 5.52. The van der Waals surface area contributed by atoms with E-state index in [9.17, 15) is 4.79 Å². The molecule has 1 aliphatic rings. The minimum absolute atomic E-state index is 0.0285. The lowest BCUT2D eigenvalue weighted by atomic mass is 10.1. The number of carbonyl (C=O) groups excluding carboxylic acids is 1. The van der Waals surface area contributed by atoms with E-state index in [0.29, 0.717) is 13.0 Å². The number of fused-ring (bicyclic) bond motifs is 1. The van der Waals surface area contributed by atoms with Crippen molar-refractivity contribution >= 4 is 5.91 Å². The molecule has 2 rings (SSSR count). The maximum Gasteiger partial charge on any atom is 0.260 e. The second-order valence-corrected chi connectivity index (χ2v) is 4.80. The minimum atomic E-state index is -0.101. The SMILES string of the molecule is CN(CCC#N)C(=O)COc1ccc2c(c1)CCC2. The first kappa shape index (κ1) is 13.4. The molecule has 0 radical (unpaired) electrons. The van der Waals surface area contributed by atoms with Gasteiger partial charge in [-0.3, -0.25) is 4.79 Å². The van der Waals surface area contributed by atoms with Gasteiger partial charge in [-0.1, -0.05) is 6.07 Å². The summed E-state index contributed by atoms with van der Waals surface area (Å²) >= 11 is 0.